The minimum absolute atomic E-state index is 0.235. The quantitative estimate of drug-likeness (QED) is 0.600. The molecule has 1 aromatic carbocycles. The topological polar surface area (TPSA) is 38.3 Å². The molecule has 0 aliphatic carbocycles. The summed E-state index contributed by atoms with van der Waals surface area (Å²) in [5, 5.41) is 3.09. The Hall–Kier alpha value is -1.49. The molecule has 0 unspecified atom stereocenters. The summed E-state index contributed by atoms with van der Waals surface area (Å²) in [6.45, 7) is 1.25. The van der Waals surface area contributed by atoms with Gasteiger partial charge in [-0.25, -0.2) is 8.78 Å². The molecule has 0 heterocycles. The third-order valence-corrected chi connectivity index (χ3v) is 2.55. The Kier molecular flexibility index (Phi) is 6.28. The van der Waals surface area contributed by atoms with Crippen molar-refractivity contribution in [3.63, 3.8) is 0 Å². The minimum atomic E-state index is -0.567. The smallest absolute Gasteiger partial charge is 0.305 e. The van der Waals surface area contributed by atoms with Gasteiger partial charge in [-0.3, -0.25) is 4.79 Å². The highest BCUT2D eigenvalue weighted by Gasteiger charge is 2.03. The molecule has 0 fully saturated rings. The van der Waals surface area contributed by atoms with Gasteiger partial charge in [0.25, 0.3) is 0 Å². The van der Waals surface area contributed by atoms with E-state index in [0.717, 1.165) is 6.07 Å². The molecule has 0 spiro atoms. The molecule has 1 aromatic rings. The molecule has 0 saturated carbocycles. The first-order valence-electron chi connectivity index (χ1n) is 5.85. The number of hydrogen-bond acceptors (Lipinski definition) is 3. The van der Waals surface area contributed by atoms with Crippen molar-refractivity contribution in [1.29, 1.82) is 0 Å². The van der Waals surface area contributed by atoms with Crippen molar-refractivity contribution in [2.75, 3.05) is 20.2 Å². The Morgan fingerprint density at radius 3 is 2.78 bits per heavy atom. The lowest BCUT2D eigenvalue weighted by molar-refractivity contribution is -0.140. The van der Waals surface area contributed by atoms with E-state index in [9.17, 15) is 13.6 Å². The van der Waals surface area contributed by atoms with Crippen LogP contribution in [0.25, 0.3) is 0 Å². The zero-order chi connectivity index (χ0) is 13.4. The fourth-order valence-electron chi connectivity index (χ4n) is 1.53. The lowest BCUT2D eigenvalue weighted by atomic mass is 10.1. The molecular weight excluding hydrogens is 240 g/mol. The van der Waals surface area contributed by atoms with E-state index in [1.165, 1.54) is 19.2 Å². The molecule has 1 rings (SSSR count). The van der Waals surface area contributed by atoms with Crippen molar-refractivity contribution in [2.45, 2.75) is 19.3 Å². The molecule has 0 aliphatic rings. The number of carbonyl (C=O) groups is 1. The third kappa shape index (κ3) is 5.23. The van der Waals surface area contributed by atoms with E-state index < -0.39 is 11.6 Å². The van der Waals surface area contributed by atoms with Crippen LogP contribution in [0.4, 0.5) is 8.78 Å². The maximum absolute atomic E-state index is 13.2. The molecule has 0 atom stereocenters. The Bertz CT molecular complexity index is 397. The molecule has 3 nitrogen and oxygen atoms in total. The SMILES string of the molecule is COC(=O)CCCNCCc1ccc(F)cc1F. The zero-order valence-electron chi connectivity index (χ0n) is 10.3. The van der Waals surface area contributed by atoms with Gasteiger partial charge >= 0.3 is 5.97 Å². The first-order valence-corrected chi connectivity index (χ1v) is 5.85. The fraction of sp³-hybridized carbons (Fsp3) is 0.462. The molecular formula is C13H17F2NO2. The summed E-state index contributed by atoms with van der Waals surface area (Å²) in [6, 6.07) is 3.57. The lowest BCUT2D eigenvalue weighted by Gasteiger charge is -2.05. The third-order valence-electron chi connectivity index (χ3n) is 2.55. The largest absolute Gasteiger partial charge is 0.469 e. The molecule has 0 saturated heterocycles. The van der Waals surface area contributed by atoms with E-state index in [1.54, 1.807) is 0 Å². The van der Waals surface area contributed by atoms with Crippen LogP contribution < -0.4 is 5.32 Å². The summed E-state index contributed by atoms with van der Waals surface area (Å²) < 4.78 is 30.4. The van der Waals surface area contributed by atoms with Crippen LogP contribution in [0.5, 0.6) is 0 Å². The van der Waals surface area contributed by atoms with E-state index in [4.69, 9.17) is 0 Å². The number of esters is 1. The van der Waals surface area contributed by atoms with Crippen LogP contribution in [0.1, 0.15) is 18.4 Å². The predicted octanol–water partition coefficient (Wildman–Crippen LogP) is 2.05. The average molecular weight is 257 g/mol. The Labute approximate surface area is 105 Å². The standard InChI is InChI=1S/C13H17F2NO2/c1-18-13(17)3-2-7-16-8-6-10-4-5-11(14)9-12(10)15/h4-5,9,16H,2-3,6-8H2,1H3. The maximum Gasteiger partial charge on any atom is 0.305 e. The second-order valence-electron chi connectivity index (χ2n) is 3.92. The van der Waals surface area contributed by atoms with E-state index in [-0.39, 0.29) is 5.97 Å². The summed E-state index contributed by atoms with van der Waals surface area (Å²) in [6.07, 6.45) is 1.54. The second kappa shape index (κ2) is 7.76. The van der Waals surface area contributed by atoms with Crippen molar-refractivity contribution in [1.82, 2.24) is 5.32 Å². The highest BCUT2D eigenvalue weighted by atomic mass is 19.1. The summed E-state index contributed by atoms with van der Waals surface area (Å²) in [4.78, 5) is 10.8. The number of ether oxygens (including phenoxy) is 1. The first-order chi connectivity index (χ1) is 8.63. The fourth-order valence-corrected chi connectivity index (χ4v) is 1.53. The van der Waals surface area contributed by atoms with Crippen molar-refractivity contribution in [3.8, 4) is 0 Å². The van der Waals surface area contributed by atoms with Gasteiger partial charge < -0.3 is 10.1 Å². The van der Waals surface area contributed by atoms with E-state index in [2.05, 4.69) is 10.1 Å². The van der Waals surface area contributed by atoms with Gasteiger partial charge in [0.1, 0.15) is 11.6 Å². The summed E-state index contributed by atoms with van der Waals surface area (Å²) in [7, 11) is 1.35. The number of methoxy groups -OCH3 is 1. The van der Waals surface area contributed by atoms with E-state index in [0.29, 0.717) is 37.9 Å². The van der Waals surface area contributed by atoms with Crippen molar-refractivity contribution < 1.29 is 18.3 Å². The number of hydrogen-bond donors (Lipinski definition) is 1. The molecule has 0 aliphatic heterocycles. The van der Waals surface area contributed by atoms with Crippen molar-refractivity contribution in [2.24, 2.45) is 0 Å². The highest BCUT2D eigenvalue weighted by molar-refractivity contribution is 5.69. The van der Waals surface area contributed by atoms with Crippen LogP contribution in [0.15, 0.2) is 18.2 Å². The molecule has 0 bridgehead atoms. The van der Waals surface area contributed by atoms with Gasteiger partial charge in [0, 0.05) is 12.5 Å². The average Bonchev–Trinajstić information content (AvgIpc) is 2.35. The monoisotopic (exact) mass is 257 g/mol. The van der Waals surface area contributed by atoms with Crippen molar-refractivity contribution >= 4 is 5.97 Å². The van der Waals surface area contributed by atoms with Gasteiger partial charge in [-0.2, -0.15) is 0 Å². The number of benzene rings is 1. The number of rotatable bonds is 7. The Morgan fingerprint density at radius 1 is 1.33 bits per heavy atom. The van der Waals surface area contributed by atoms with Crippen LogP contribution in [0.3, 0.4) is 0 Å². The maximum atomic E-state index is 13.2. The van der Waals surface area contributed by atoms with Crippen LogP contribution in [-0.4, -0.2) is 26.2 Å². The lowest BCUT2D eigenvalue weighted by Crippen LogP contribution is -2.19. The molecule has 5 heteroatoms. The predicted molar refractivity (Wildman–Crippen MR) is 64.2 cm³/mol. The van der Waals surface area contributed by atoms with Gasteiger partial charge in [0.05, 0.1) is 7.11 Å². The zero-order valence-corrected chi connectivity index (χ0v) is 10.3. The summed E-state index contributed by atoms with van der Waals surface area (Å²) >= 11 is 0. The van der Waals surface area contributed by atoms with Crippen LogP contribution in [0, 0.1) is 11.6 Å². The minimum Gasteiger partial charge on any atom is -0.469 e. The van der Waals surface area contributed by atoms with Gasteiger partial charge in [-0.15, -0.1) is 0 Å². The normalized spacial score (nSPS) is 10.4. The van der Waals surface area contributed by atoms with Gasteiger partial charge in [-0.05, 0) is 37.6 Å². The second-order valence-corrected chi connectivity index (χ2v) is 3.92. The number of halogens is 2. The van der Waals surface area contributed by atoms with Gasteiger partial charge in [-0.1, -0.05) is 6.07 Å². The first kappa shape index (κ1) is 14.6. The highest BCUT2D eigenvalue weighted by Crippen LogP contribution is 2.09. The number of carbonyl (C=O) groups excluding carboxylic acids is 1. The molecule has 18 heavy (non-hydrogen) atoms. The molecule has 0 amide bonds. The van der Waals surface area contributed by atoms with Crippen LogP contribution in [0.2, 0.25) is 0 Å². The molecule has 100 valence electrons. The van der Waals surface area contributed by atoms with Crippen LogP contribution in [-0.2, 0) is 16.0 Å². The van der Waals surface area contributed by atoms with E-state index >= 15 is 0 Å². The van der Waals surface area contributed by atoms with E-state index in [1.807, 2.05) is 0 Å². The Morgan fingerprint density at radius 2 is 2.11 bits per heavy atom. The van der Waals surface area contributed by atoms with Gasteiger partial charge in [0.15, 0.2) is 0 Å². The van der Waals surface area contributed by atoms with Crippen LogP contribution >= 0.6 is 0 Å². The molecule has 0 aromatic heterocycles. The Balaban J connectivity index is 2.16. The van der Waals surface area contributed by atoms with Gasteiger partial charge in [0.2, 0.25) is 0 Å². The summed E-state index contributed by atoms with van der Waals surface area (Å²) in [5.74, 6) is -1.32. The summed E-state index contributed by atoms with van der Waals surface area (Å²) in [5.41, 5.74) is 0.483. The number of nitrogens with one attached hydrogen (secondary N) is 1. The molecule has 1 N–H and O–H groups in total. The molecule has 0 radical (unpaired) electrons. The van der Waals surface area contributed by atoms with Crippen molar-refractivity contribution in [3.05, 3.63) is 35.4 Å².